The fourth-order valence-electron chi connectivity index (χ4n) is 2.89. The Bertz CT molecular complexity index is 996. The lowest BCUT2D eigenvalue weighted by Crippen LogP contribution is -2.18. The van der Waals surface area contributed by atoms with Gasteiger partial charge in [0, 0.05) is 23.6 Å². The van der Waals surface area contributed by atoms with Crippen molar-refractivity contribution in [3.05, 3.63) is 53.3 Å². The molecule has 2 aromatic carbocycles. The molecule has 3 rings (SSSR count). The van der Waals surface area contributed by atoms with Crippen LogP contribution in [-0.4, -0.2) is 34.8 Å². The summed E-state index contributed by atoms with van der Waals surface area (Å²) in [6.45, 7) is 3.46. The van der Waals surface area contributed by atoms with Gasteiger partial charge in [-0.25, -0.2) is 0 Å². The molecule has 0 saturated carbocycles. The highest BCUT2D eigenvalue weighted by atomic mass is 32.2. The van der Waals surface area contributed by atoms with E-state index in [9.17, 15) is 4.79 Å². The first kappa shape index (κ1) is 22.0. The third-order valence-corrected chi connectivity index (χ3v) is 6.98. The van der Waals surface area contributed by atoms with E-state index in [2.05, 4.69) is 34.0 Å². The molecule has 0 saturated heterocycles. The number of hydrogen-bond acceptors (Lipinski definition) is 5. The Morgan fingerprint density at radius 2 is 2.00 bits per heavy atom. The van der Waals surface area contributed by atoms with Crippen molar-refractivity contribution in [1.82, 2.24) is 4.57 Å². The number of thioether (sulfide) groups is 2. The van der Waals surface area contributed by atoms with Crippen molar-refractivity contribution in [2.24, 2.45) is 4.99 Å². The van der Waals surface area contributed by atoms with Crippen molar-refractivity contribution in [3.63, 3.8) is 0 Å². The van der Waals surface area contributed by atoms with Gasteiger partial charge in [-0.2, -0.15) is 16.8 Å². The van der Waals surface area contributed by atoms with Gasteiger partial charge in [-0.1, -0.05) is 29.5 Å². The zero-order chi connectivity index (χ0) is 20.5. The summed E-state index contributed by atoms with van der Waals surface area (Å²) in [5.41, 5.74) is 1.11. The van der Waals surface area contributed by atoms with Gasteiger partial charge in [-0.05, 0) is 55.7 Å². The fourth-order valence-corrected chi connectivity index (χ4v) is 5.23. The molecule has 1 amide bonds. The predicted molar refractivity (Wildman–Crippen MR) is 126 cm³/mol. The van der Waals surface area contributed by atoms with E-state index >= 15 is 0 Å². The van der Waals surface area contributed by atoms with Crippen molar-refractivity contribution in [2.45, 2.75) is 31.2 Å². The largest absolute Gasteiger partial charge is 0.494 e. The van der Waals surface area contributed by atoms with Crippen molar-refractivity contribution >= 4 is 51.0 Å². The number of aromatic nitrogens is 1. The van der Waals surface area contributed by atoms with E-state index in [1.54, 1.807) is 34.9 Å². The number of amides is 1. The van der Waals surface area contributed by atoms with E-state index in [0.717, 1.165) is 45.2 Å². The Morgan fingerprint density at radius 1 is 1.17 bits per heavy atom. The molecule has 1 heterocycles. The summed E-state index contributed by atoms with van der Waals surface area (Å²) >= 11 is 5.13. The van der Waals surface area contributed by atoms with Crippen molar-refractivity contribution in [3.8, 4) is 5.75 Å². The van der Waals surface area contributed by atoms with Crippen LogP contribution < -0.4 is 9.54 Å². The Kier molecular flexibility index (Phi) is 8.70. The second-order valence-corrected chi connectivity index (χ2v) is 9.53. The maximum absolute atomic E-state index is 12.5. The average Bonchev–Trinajstić information content (AvgIpc) is 3.06. The summed E-state index contributed by atoms with van der Waals surface area (Å²) in [5, 5.41) is 0. The van der Waals surface area contributed by atoms with Crippen LogP contribution in [0.1, 0.15) is 19.8 Å². The fraction of sp³-hybridized carbons (Fsp3) is 0.364. The van der Waals surface area contributed by atoms with Crippen LogP contribution in [0.3, 0.4) is 0 Å². The molecule has 154 valence electrons. The zero-order valence-corrected chi connectivity index (χ0v) is 19.2. The first-order valence-electron chi connectivity index (χ1n) is 9.71. The summed E-state index contributed by atoms with van der Waals surface area (Å²) in [6, 6.07) is 16.4. The van der Waals surface area contributed by atoms with E-state index in [1.807, 2.05) is 37.3 Å². The Labute approximate surface area is 184 Å². The lowest BCUT2D eigenvalue weighted by molar-refractivity contribution is -0.118. The smallest absolute Gasteiger partial charge is 0.248 e. The van der Waals surface area contributed by atoms with Crippen molar-refractivity contribution in [1.29, 1.82) is 0 Å². The maximum atomic E-state index is 12.5. The van der Waals surface area contributed by atoms with E-state index in [1.165, 1.54) is 4.90 Å². The average molecular weight is 447 g/mol. The maximum Gasteiger partial charge on any atom is 0.248 e. The number of rotatable bonds is 10. The van der Waals surface area contributed by atoms with Gasteiger partial charge in [0.05, 0.1) is 16.8 Å². The number of hydrogen-bond donors (Lipinski definition) is 0. The highest BCUT2D eigenvalue weighted by molar-refractivity contribution is 7.99. The number of ether oxygens (including phenoxy) is 1. The number of benzene rings is 2. The third-order valence-electron chi connectivity index (χ3n) is 4.25. The SMILES string of the molecule is CCOc1ccc2c(c1)sc(=NC(=O)CCCSc1ccccc1)n2CCSC. The normalized spacial score (nSPS) is 11.9. The number of carbonyl (C=O) groups excluding carboxylic acids is 1. The van der Waals surface area contributed by atoms with Gasteiger partial charge in [0.1, 0.15) is 5.75 Å². The number of nitrogens with zero attached hydrogens (tertiary/aromatic N) is 2. The molecule has 3 aromatic rings. The molecule has 4 nitrogen and oxygen atoms in total. The third kappa shape index (κ3) is 6.39. The van der Waals surface area contributed by atoms with Crippen LogP contribution in [0.4, 0.5) is 0 Å². The molecule has 0 radical (unpaired) electrons. The first-order chi connectivity index (χ1) is 14.2. The van der Waals surface area contributed by atoms with Crippen LogP contribution in [0.25, 0.3) is 10.2 Å². The Balaban J connectivity index is 1.71. The minimum Gasteiger partial charge on any atom is -0.494 e. The molecular weight excluding hydrogens is 420 g/mol. The zero-order valence-electron chi connectivity index (χ0n) is 16.8. The van der Waals surface area contributed by atoms with Gasteiger partial charge >= 0.3 is 0 Å². The lowest BCUT2D eigenvalue weighted by Gasteiger charge is -2.05. The van der Waals surface area contributed by atoms with Crippen LogP contribution in [0, 0.1) is 0 Å². The number of fused-ring (bicyclic) bond motifs is 1. The quantitative estimate of drug-likeness (QED) is 0.306. The molecule has 0 aliphatic heterocycles. The van der Waals surface area contributed by atoms with Crippen molar-refractivity contribution < 1.29 is 9.53 Å². The molecular formula is C22H26N2O2S3. The van der Waals surface area contributed by atoms with Crippen molar-refractivity contribution in [2.75, 3.05) is 24.4 Å². The topological polar surface area (TPSA) is 43.6 Å². The van der Waals surface area contributed by atoms with Gasteiger partial charge in [-0.15, -0.1) is 11.8 Å². The summed E-state index contributed by atoms with van der Waals surface area (Å²) in [7, 11) is 0. The second kappa shape index (κ2) is 11.5. The van der Waals surface area contributed by atoms with Gasteiger partial charge in [0.25, 0.3) is 0 Å². The van der Waals surface area contributed by atoms with Crippen LogP contribution in [0.15, 0.2) is 58.4 Å². The van der Waals surface area contributed by atoms with E-state index < -0.39 is 0 Å². The number of thiazole rings is 1. The Morgan fingerprint density at radius 3 is 2.76 bits per heavy atom. The molecule has 1 aromatic heterocycles. The molecule has 0 unspecified atom stereocenters. The molecule has 0 N–H and O–H groups in total. The molecule has 0 aliphatic rings. The number of carbonyl (C=O) groups is 1. The lowest BCUT2D eigenvalue weighted by atomic mass is 10.3. The van der Waals surface area contributed by atoms with Gasteiger partial charge in [-0.3, -0.25) is 4.79 Å². The predicted octanol–water partition coefficient (Wildman–Crippen LogP) is 5.46. The second-order valence-electron chi connectivity index (χ2n) is 6.36. The van der Waals surface area contributed by atoms with Gasteiger partial charge < -0.3 is 9.30 Å². The molecule has 29 heavy (non-hydrogen) atoms. The van der Waals surface area contributed by atoms with E-state index in [-0.39, 0.29) is 5.91 Å². The molecule has 0 aliphatic carbocycles. The standard InChI is InChI=1S/C22H26N2O2S3/c1-3-26-17-11-12-19-20(16-17)29-22(24(19)13-15-27-2)23-21(25)10-7-14-28-18-8-5-4-6-9-18/h4-6,8-9,11-12,16H,3,7,10,13-15H2,1-2H3. The minimum absolute atomic E-state index is 0.0480. The molecule has 7 heteroatoms. The summed E-state index contributed by atoms with van der Waals surface area (Å²) in [4.78, 5) is 19.0. The summed E-state index contributed by atoms with van der Waals surface area (Å²) in [5.74, 6) is 2.71. The Hall–Kier alpha value is -1.70. The minimum atomic E-state index is -0.0480. The summed E-state index contributed by atoms with van der Waals surface area (Å²) in [6.07, 6.45) is 3.39. The van der Waals surface area contributed by atoms with Gasteiger partial charge in [0.15, 0.2) is 4.80 Å². The first-order valence-corrected chi connectivity index (χ1v) is 12.9. The number of aryl methyl sites for hydroxylation is 1. The van der Waals surface area contributed by atoms with Crippen LogP contribution in [0.2, 0.25) is 0 Å². The van der Waals surface area contributed by atoms with Gasteiger partial charge in [0.2, 0.25) is 5.91 Å². The molecule has 0 bridgehead atoms. The van der Waals surface area contributed by atoms with Crippen LogP contribution in [-0.2, 0) is 11.3 Å². The molecule has 0 fully saturated rings. The highest BCUT2D eigenvalue weighted by Crippen LogP contribution is 2.24. The monoisotopic (exact) mass is 446 g/mol. The summed E-state index contributed by atoms with van der Waals surface area (Å²) < 4.78 is 8.88. The van der Waals surface area contributed by atoms with Crippen LogP contribution >= 0.6 is 34.9 Å². The molecule has 0 atom stereocenters. The van der Waals surface area contributed by atoms with E-state index in [0.29, 0.717) is 13.0 Å². The van der Waals surface area contributed by atoms with E-state index in [4.69, 9.17) is 4.74 Å². The van der Waals surface area contributed by atoms with Crippen LogP contribution in [0.5, 0.6) is 5.75 Å². The highest BCUT2D eigenvalue weighted by Gasteiger charge is 2.09. The molecule has 0 spiro atoms.